The summed E-state index contributed by atoms with van der Waals surface area (Å²) < 4.78 is 13.8. The maximum absolute atomic E-state index is 13.8. The molecule has 0 bridgehead atoms. The lowest BCUT2D eigenvalue weighted by Gasteiger charge is -2.22. The van der Waals surface area contributed by atoms with Gasteiger partial charge in [-0.15, -0.1) is 5.53 Å². The van der Waals surface area contributed by atoms with E-state index in [-0.39, 0.29) is 11.1 Å². The molecule has 0 unspecified atom stereocenters. The van der Waals surface area contributed by atoms with Crippen LogP contribution < -0.4 is 21.6 Å². The van der Waals surface area contributed by atoms with Gasteiger partial charge in [-0.3, -0.25) is 9.99 Å². The van der Waals surface area contributed by atoms with Crippen LogP contribution in [0.3, 0.4) is 0 Å². The van der Waals surface area contributed by atoms with Crippen LogP contribution in [0.5, 0.6) is 0 Å². The van der Waals surface area contributed by atoms with Gasteiger partial charge in [0.25, 0.3) is 0 Å². The zero-order chi connectivity index (χ0) is 28.9. The van der Waals surface area contributed by atoms with Crippen molar-refractivity contribution < 1.29 is 4.39 Å². The second kappa shape index (κ2) is 12.6. The molecule has 1 aliphatic heterocycles. The van der Waals surface area contributed by atoms with Crippen LogP contribution in [0.1, 0.15) is 23.6 Å². The first kappa shape index (κ1) is 28.5. The minimum Gasteiger partial charge on any atom is -0.373 e. The van der Waals surface area contributed by atoms with E-state index in [1.165, 1.54) is 18.3 Å². The molecule has 11 heteroatoms. The number of pyridine rings is 1. The van der Waals surface area contributed by atoms with Crippen LogP contribution in [0.2, 0.25) is 10.0 Å². The van der Waals surface area contributed by atoms with Gasteiger partial charge in [0.15, 0.2) is 0 Å². The van der Waals surface area contributed by atoms with Gasteiger partial charge in [-0.2, -0.15) is 5.26 Å². The zero-order valence-corrected chi connectivity index (χ0v) is 24.1. The van der Waals surface area contributed by atoms with Crippen molar-refractivity contribution >= 4 is 51.2 Å². The molecule has 210 valence electrons. The molecule has 4 aromatic rings. The Morgan fingerprint density at radius 3 is 2.59 bits per heavy atom. The number of rotatable bonds is 10. The maximum Gasteiger partial charge on any atom is 0.141 e. The fourth-order valence-corrected chi connectivity index (χ4v) is 5.08. The number of aromatic nitrogens is 1. The van der Waals surface area contributed by atoms with E-state index in [9.17, 15) is 9.65 Å². The molecule has 1 aromatic heterocycles. The summed E-state index contributed by atoms with van der Waals surface area (Å²) >= 11 is 12.7. The lowest BCUT2D eigenvalue weighted by Crippen LogP contribution is -2.38. The number of anilines is 3. The van der Waals surface area contributed by atoms with E-state index in [0.29, 0.717) is 32.9 Å². The Morgan fingerprint density at radius 1 is 1.07 bits per heavy atom. The summed E-state index contributed by atoms with van der Waals surface area (Å²) in [5.41, 5.74) is 11.1. The zero-order valence-electron chi connectivity index (χ0n) is 22.5. The summed E-state index contributed by atoms with van der Waals surface area (Å²) in [6.45, 7) is 1.82. The van der Waals surface area contributed by atoms with Crippen molar-refractivity contribution in [2.24, 2.45) is 0 Å². The van der Waals surface area contributed by atoms with Crippen LogP contribution in [0.25, 0.3) is 10.9 Å². The number of halogens is 3. The molecule has 1 atom stereocenters. The average Bonchev–Trinajstić information content (AvgIpc) is 3.43. The van der Waals surface area contributed by atoms with Gasteiger partial charge in [-0.05, 0) is 63.0 Å². The van der Waals surface area contributed by atoms with Gasteiger partial charge in [-0.25, -0.2) is 4.39 Å². The van der Waals surface area contributed by atoms with E-state index in [1.807, 2.05) is 35.3 Å². The molecule has 5 rings (SSSR count). The number of benzene rings is 3. The molecule has 8 nitrogen and oxygen atoms in total. The standard InChI is InChI=1S/C30H29Cl2FN8/c1-40(2)11-6-12-41-18-27(38-39-41)29(19-7-4-3-5-8-19)37-22-13-23-28(36-21-9-10-26(33)24(31)14-21)20(16-34)17-35-30(23)25(32)15-22/h3-5,7-10,13-15,17-18,29,37-39H,6,11-12H2,1-2H3,(H,35,36)/t29-/m0/s1. The molecule has 41 heavy (non-hydrogen) atoms. The number of fused-ring (bicyclic) bond motifs is 1. The van der Waals surface area contributed by atoms with E-state index < -0.39 is 5.82 Å². The third-order valence-corrected chi connectivity index (χ3v) is 7.21. The van der Waals surface area contributed by atoms with Crippen LogP contribution >= 0.6 is 23.2 Å². The van der Waals surface area contributed by atoms with Crippen LogP contribution in [0, 0.1) is 17.1 Å². The highest BCUT2D eigenvalue weighted by atomic mass is 35.5. The van der Waals surface area contributed by atoms with Crippen molar-refractivity contribution in [1.29, 1.82) is 5.26 Å². The molecule has 0 saturated heterocycles. The van der Waals surface area contributed by atoms with Crippen molar-refractivity contribution in [1.82, 2.24) is 25.9 Å². The second-order valence-electron chi connectivity index (χ2n) is 9.93. The number of hydrazine groups is 2. The predicted molar refractivity (Wildman–Crippen MR) is 163 cm³/mol. The number of nitrogens with zero attached hydrogens (tertiary/aromatic N) is 4. The van der Waals surface area contributed by atoms with Crippen molar-refractivity contribution in [2.75, 3.05) is 37.8 Å². The van der Waals surface area contributed by atoms with Crippen LogP contribution in [0.4, 0.5) is 21.5 Å². The molecule has 1 aliphatic rings. The smallest absolute Gasteiger partial charge is 0.141 e. The first-order valence-electron chi connectivity index (χ1n) is 13.0. The summed E-state index contributed by atoms with van der Waals surface area (Å²) in [6.07, 6.45) is 4.52. The first-order valence-corrected chi connectivity index (χ1v) is 13.8. The Bertz CT molecular complexity index is 1620. The molecule has 0 radical (unpaired) electrons. The predicted octanol–water partition coefficient (Wildman–Crippen LogP) is 6.57. The SMILES string of the molecule is CN(C)CCCN1C=C([C@@H](Nc2cc(Cl)c3ncc(C#N)c(Nc4ccc(F)c(Cl)c4)c3c2)c2ccccc2)NN1. The number of hydrogen-bond acceptors (Lipinski definition) is 8. The van der Waals surface area contributed by atoms with Gasteiger partial charge in [-0.1, -0.05) is 53.5 Å². The minimum absolute atomic E-state index is 0.0281. The average molecular weight is 592 g/mol. The Hall–Kier alpha value is -4.07. The molecule has 2 heterocycles. The quantitative estimate of drug-likeness (QED) is 0.165. The fraction of sp³-hybridized carbons (Fsp3) is 0.200. The van der Waals surface area contributed by atoms with E-state index >= 15 is 0 Å². The van der Waals surface area contributed by atoms with Crippen molar-refractivity contribution in [3.8, 4) is 6.07 Å². The van der Waals surface area contributed by atoms with Gasteiger partial charge in [0, 0.05) is 35.7 Å². The minimum atomic E-state index is -0.528. The molecule has 0 saturated carbocycles. The van der Waals surface area contributed by atoms with E-state index in [1.54, 1.807) is 6.07 Å². The highest BCUT2D eigenvalue weighted by Crippen LogP contribution is 2.37. The third-order valence-electron chi connectivity index (χ3n) is 6.63. The molecular weight excluding hydrogens is 562 g/mol. The number of hydrogen-bond donors (Lipinski definition) is 4. The monoisotopic (exact) mass is 590 g/mol. The second-order valence-corrected chi connectivity index (χ2v) is 10.7. The summed E-state index contributed by atoms with van der Waals surface area (Å²) in [7, 11) is 4.12. The summed E-state index contributed by atoms with van der Waals surface area (Å²) in [5, 5.41) is 19.7. The molecule has 0 aliphatic carbocycles. The van der Waals surface area contributed by atoms with Crippen LogP contribution in [0.15, 0.2) is 78.8 Å². The summed E-state index contributed by atoms with van der Waals surface area (Å²) in [6, 6.07) is 20.0. The molecule has 0 fully saturated rings. The van der Waals surface area contributed by atoms with Crippen LogP contribution in [-0.2, 0) is 0 Å². The lowest BCUT2D eigenvalue weighted by atomic mass is 10.0. The topological polar surface area (TPSA) is 91.3 Å². The largest absolute Gasteiger partial charge is 0.373 e. The van der Waals surface area contributed by atoms with Crippen molar-refractivity contribution in [3.63, 3.8) is 0 Å². The third kappa shape index (κ3) is 6.64. The summed E-state index contributed by atoms with van der Waals surface area (Å²) in [4.78, 5) is 6.60. The van der Waals surface area contributed by atoms with E-state index in [2.05, 4.69) is 70.0 Å². The molecule has 0 amide bonds. The van der Waals surface area contributed by atoms with Crippen molar-refractivity contribution in [3.05, 3.63) is 106 Å². The Balaban J connectivity index is 1.51. The Kier molecular flexibility index (Phi) is 8.76. The Morgan fingerprint density at radius 2 is 1.85 bits per heavy atom. The van der Waals surface area contributed by atoms with Gasteiger partial charge < -0.3 is 21.0 Å². The van der Waals surface area contributed by atoms with Gasteiger partial charge >= 0.3 is 0 Å². The van der Waals surface area contributed by atoms with E-state index in [4.69, 9.17) is 23.2 Å². The molecule has 0 spiro atoms. The fourth-order valence-electron chi connectivity index (χ4n) is 4.63. The Labute approximate surface area is 248 Å². The normalized spacial score (nSPS) is 13.6. The van der Waals surface area contributed by atoms with Gasteiger partial charge in [0.2, 0.25) is 0 Å². The maximum atomic E-state index is 13.8. The first-order chi connectivity index (χ1) is 19.8. The molecule has 4 N–H and O–H groups in total. The highest BCUT2D eigenvalue weighted by Gasteiger charge is 2.23. The van der Waals surface area contributed by atoms with Gasteiger partial charge in [0.05, 0.1) is 38.6 Å². The van der Waals surface area contributed by atoms with Gasteiger partial charge in [0.1, 0.15) is 11.9 Å². The molecule has 3 aromatic carbocycles. The highest BCUT2D eigenvalue weighted by molar-refractivity contribution is 6.36. The number of nitriles is 1. The number of nitrogens with one attached hydrogen (secondary N) is 4. The van der Waals surface area contributed by atoms with Crippen molar-refractivity contribution in [2.45, 2.75) is 12.5 Å². The van der Waals surface area contributed by atoms with E-state index in [0.717, 1.165) is 36.5 Å². The summed E-state index contributed by atoms with van der Waals surface area (Å²) in [5.74, 6) is -0.528. The molecular formula is C30H29Cl2FN8. The van der Waals surface area contributed by atoms with Crippen LogP contribution in [-0.4, -0.2) is 42.1 Å². The lowest BCUT2D eigenvalue weighted by molar-refractivity contribution is 0.252.